The third kappa shape index (κ3) is 3.53. The minimum Gasteiger partial charge on any atom is -0.314 e. The summed E-state index contributed by atoms with van der Waals surface area (Å²) < 4.78 is 3.18. The lowest BCUT2D eigenvalue weighted by Gasteiger charge is -2.45. The van der Waals surface area contributed by atoms with Crippen molar-refractivity contribution in [2.75, 3.05) is 6.54 Å². The fourth-order valence-corrected chi connectivity index (χ4v) is 4.97. The van der Waals surface area contributed by atoms with Crippen LogP contribution in [0.5, 0.6) is 0 Å². The van der Waals surface area contributed by atoms with Crippen molar-refractivity contribution in [2.24, 2.45) is 18.9 Å². The molecule has 1 heterocycles. The average molecular weight is 356 g/mol. The molecule has 0 aromatic carbocycles. The summed E-state index contributed by atoms with van der Waals surface area (Å²) in [5, 5.41) is 8.24. The number of hydrogen-bond donors (Lipinski definition) is 1. The first-order valence-electron chi connectivity index (χ1n) is 8.29. The van der Waals surface area contributed by atoms with Gasteiger partial charge in [0.2, 0.25) is 0 Å². The van der Waals surface area contributed by atoms with Gasteiger partial charge in [0.1, 0.15) is 0 Å². The summed E-state index contributed by atoms with van der Waals surface area (Å²) in [5.74, 6) is 1.49. The zero-order chi connectivity index (χ0) is 15.6. The number of nitrogens with one attached hydrogen (secondary N) is 1. The monoisotopic (exact) mass is 355 g/mol. The van der Waals surface area contributed by atoms with Crippen molar-refractivity contribution >= 4 is 15.9 Å². The van der Waals surface area contributed by atoms with Gasteiger partial charge < -0.3 is 5.32 Å². The topological polar surface area (TPSA) is 29.9 Å². The van der Waals surface area contributed by atoms with Crippen LogP contribution in [0.1, 0.15) is 59.1 Å². The van der Waals surface area contributed by atoms with Gasteiger partial charge in [0.15, 0.2) is 0 Å². The van der Waals surface area contributed by atoms with Crippen molar-refractivity contribution < 1.29 is 0 Å². The van der Waals surface area contributed by atoms with E-state index in [1.807, 2.05) is 10.9 Å². The minimum atomic E-state index is 0.121. The van der Waals surface area contributed by atoms with E-state index in [4.69, 9.17) is 0 Å². The molecule has 0 amide bonds. The molecule has 3 atom stereocenters. The van der Waals surface area contributed by atoms with Crippen LogP contribution < -0.4 is 5.32 Å². The number of aromatic nitrogens is 2. The van der Waals surface area contributed by atoms with Gasteiger partial charge in [-0.15, -0.1) is 0 Å². The van der Waals surface area contributed by atoms with Gasteiger partial charge in [0.25, 0.3) is 0 Å². The number of hydrogen-bond acceptors (Lipinski definition) is 2. The Morgan fingerprint density at radius 1 is 1.43 bits per heavy atom. The molecule has 0 aliphatic heterocycles. The fraction of sp³-hybridized carbons (Fsp3) is 0.824. The second kappa shape index (κ2) is 6.82. The van der Waals surface area contributed by atoms with Gasteiger partial charge in [-0.05, 0) is 53.6 Å². The minimum absolute atomic E-state index is 0.121. The molecule has 0 radical (unpaired) electrons. The quantitative estimate of drug-likeness (QED) is 0.854. The smallest absolute Gasteiger partial charge is 0.0635 e. The van der Waals surface area contributed by atoms with E-state index < -0.39 is 0 Å². The predicted molar refractivity (Wildman–Crippen MR) is 92.5 cm³/mol. The Balaban J connectivity index is 2.27. The summed E-state index contributed by atoms with van der Waals surface area (Å²) in [6.45, 7) is 10.5. The molecule has 2 rings (SSSR count). The van der Waals surface area contributed by atoms with E-state index in [2.05, 4.69) is 61.1 Å². The van der Waals surface area contributed by atoms with E-state index in [-0.39, 0.29) is 5.41 Å². The van der Waals surface area contributed by atoms with Crippen LogP contribution in [0, 0.1) is 11.8 Å². The average Bonchev–Trinajstić information content (AvgIpc) is 2.76. The summed E-state index contributed by atoms with van der Waals surface area (Å²) in [5.41, 5.74) is 1.45. The molecule has 3 nitrogen and oxygen atoms in total. The Bertz CT molecular complexity index is 447. The van der Waals surface area contributed by atoms with Gasteiger partial charge in [-0.2, -0.15) is 5.10 Å². The summed E-state index contributed by atoms with van der Waals surface area (Å²) in [4.78, 5) is 0. The maximum absolute atomic E-state index is 4.43. The van der Waals surface area contributed by atoms with Crippen LogP contribution in [0.3, 0.4) is 0 Å². The molecular formula is C17H30BrN3. The van der Waals surface area contributed by atoms with Crippen LogP contribution in [-0.2, 0) is 12.5 Å². The Labute approximate surface area is 138 Å². The molecule has 1 N–H and O–H groups in total. The van der Waals surface area contributed by atoms with Crippen LogP contribution in [0.25, 0.3) is 0 Å². The van der Waals surface area contributed by atoms with E-state index in [1.165, 1.54) is 31.4 Å². The molecule has 21 heavy (non-hydrogen) atoms. The first-order chi connectivity index (χ1) is 9.87. The highest BCUT2D eigenvalue weighted by Gasteiger charge is 2.42. The first kappa shape index (κ1) is 17.0. The Hall–Kier alpha value is -0.350. The van der Waals surface area contributed by atoms with Gasteiger partial charge >= 0.3 is 0 Å². The molecule has 1 aliphatic rings. The Kier molecular flexibility index (Phi) is 5.53. The van der Waals surface area contributed by atoms with Crippen molar-refractivity contribution in [3.63, 3.8) is 0 Å². The molecule has 3 unspecified atom stereocenters. The number of halogens is 1. The maximum Gasteiger partial charge on any atom is 0.0635 e. The van der Waals surface area contributed by atoms with Crippen LogP contribution in [0.4, 0.5) is 0 Å². The summed E-state index contributed by atoms with van der Waals surface area (Å²) in [7, 11) is 2.06. The van der Waals surface area contributed by atoms with Crippen molar-refractivity contribution in [2.45, 2.75) is 64.8 Å². The largest absolute Gasteiger partial charge is 0.314 e. The van der Waals surface area contributed by atoms with Crippen LogP contribution in [-0.4, -0.2) is 22.4 Å². The standard InChI is InChI=1S/C17H30BrN3/c1-6-9-19-15-10-12(2)7-8-13(15)17(3,4)16-14(18)11-20-21(16)5/h11-13,15,19H,6-10H2,1-5H3. The molecule has 4 heteroatoms. The second-order valence-corrected chi connectivity index (χ2v) is 8.13. The van der Waals surface area contributed by atoms with Crippen molar-refractivity contribution in [3.8, 4) is 0 Å². The van der Waals surface area contributed by atoms with Gasteiger partial charge in [-0.1, -0.05) is 34.1 Å². The molecule has 1 aromatic heterocycles. The molecule has 1 aromatic rings. The molecule has 0 saturated heterocycles. The van der Waals surface area contributed by atoms with E-state index in [0.717, 1.165) is 16.9 Å². The van der Waals surface area contributed by atoms with Crippen molar-refractivity contribution in [1.82, 2.24) is 15.1 Å². The highest BCUT2D eigenvalue weighted by Crippen LogP contribution is 2.44. The molecule has 1 fully saturated rings. The molecule has 1 aliphatic carbocycles. The SMILES string of the molecule is CCCNC1CC(C)CCC1C(C)(C)c1c(Br)cnn1C. The van der Waals surface area contributed by atoms with E-state index >= 15 is 0 Å². The zero-order valence-electron chi connectivity index (χ0n) is 14.1. The maximum atomic E-state index is 4.43. The van der Waals surface area contributed by atoms with Crippen LogP contribution in [0.2, 0.25) is 0 Å². The third-order valence-corrected chi connectivity index (χ3v) is 5.78. The van der Waals surface area contributed by atoms with E-state index in [9.17, 15) is 0 Å². The number of aryl methyl sites for hydroxylation is 1. The Morgan fingerprint density at radius 3 is 2.71 bits per heavy atom. The Morgan fingerprint density at radius 2 is 2.14 bits per heavy atom. The second-order valence-electron chi connectivity index (χ2n) is 7.27. The molecule has 1 saturated carbocycles. The molecule has 0 spiro atoms. The summed E-state index contributed by atoms with van der Waals surface area (Å²) in [6.07, 6.45) is 7.06. The van der Waals surface area contributed by atoms with Gasteiger partial charge in [-0.25, -0.2) is 0 Å². The normalized spacial score (nSPS) is 27.0. The number of nitrogens with zero attached hydrogens (tertiary/aromatic N) is 2. The lowest BCUT2D eigenvalue weighted by atomic mass is 9.65. The zero-order valence-corrected chi connectivity index (χ0v) is 15.7. The van der Waals surface area contributed by atoms with Crippen LogP contribution >= 0.6 is 15.9 Å². The third-order valence-electron chi connectivity index (χ3n) is 5.20. The molecule has 120 valence electrons. The van der Waals surface area contributed by atoms with E-state index in [0.29, 0.717) is 12.0 Å². The number of rotatable bonds is 5. The summed E-state index contributed by atoms with van der Waals surface area (Å²) in [6, 6.07) is 0.616. The lowest BCUT2D eigenvalue weighted by molar-refractivity contribution is 0.140. The van der Waals surface area contributed by atoms with Gasteiger partial charge in [0.05, 0.1) is 16.4 Å². The van der Waals surface area contributed by atoms with Gasteiger partial charge in [-0.3, -0.25) is 4.68 Å². The van der Waals surface area contributed by atoms with Gasteiger partial charge in [0, 0.05) is 18.5 Å². The highest BCUT2D eigenvalue weighted by atomic mass is 79.9. The summed E-state index contributed by atoms with van der Waals surface area (Å²) >= 11 is 3.70. The van der Waals surface area contributed by atoms with Crippen molar-refractivity contribution in [1.29, 1.82) is 0 Å². The lowest BCUT2D eigenvalue weighted by Crippen LogP contribution is -2.49. The fourth-order valence-electron chi connectivity index (χ4n) is 4.11. The molecule has 0 bridgehead atoms. The predicted octanol–water partition coefficient (Wildman–Crippen LogP) is 4.26. The first-order valence-corrected chi connectivity index (χ1v) is 9.08. The molecular weight excluding hydrogens is 326 g/mol. The van der Waals surface area contributed by atoms with E-state index in [1.54, 1.807) is 0 Å². The van der Waals surface area contributed by atoms with Crippen molar-refractivity contribution in [3.05, 3.63) is 16.4 Å². The highest BCUT2D eigenvalue weighted by molar-refractivity contribution is 9.10. The van der Waals surface area contributed by atoms with Crippen LogP contribution in [0.15, 0.2) is 10.7 Å².